The molecule has 2 rings (SSSR count). The van der Waals surface area contributed by atoms with Crippen LogP contribution in [-0.4, -0.2) is 42.8 Å². The zero-order valence-corrected chi connectivity index (χ0v) is 10.8. The van der Waals surface area contributed by atoms with Gasteiger partial charge in [-0.05, 0) is 37.6 Å². The fourth-order valence-corrected chi connectivity index (χ4v) is 2.53. The summed E-state index contributed by atoms with van der Waals surface area (Å²) in [5.41, 5.74) is 0.984. The molecule has 0 radical (unpaired) electrons. The minimum atomic E-state index is -0.190. The van der Waals surface area contributed by atoms with Gasteiger partial charge in [-0.25, -0.2) is 4.39 Å². The van der Waals surface area contributed by atoms with Crippen LogP contribution >= 0.6 is 0 Å². The molecule has 1 aliphatic rings. The summed E-state index contributed by atoms with van der Waals surface area (Å²) in [6.07, 6.45) is 1.61. The van der Waals surface area contributed by atoms with Gasteiger partial charge in [-0.15, -0.1) is 0 Å². The van der Waals surface area contributed by atoms with Crippen LogP contribution in [-0.2, 0) is 0 Å². The highest BCUT2D eigenvalue weighted by atomic mass is 19.1. The van der Waals surface area contributed by atoms with Gasteiger partial charge in [-0.2, -0.15) is 0 Å². The van der Waals surface area contributed by atoms with Gasteiger partial charge in [0.05, 0.1) is 6.10 Å². The standard InChI is InChI=1S/C14H21FN2O/c1-16-14(11-3-2-4-12(15)9-11)6-8-17-7-5-13(18)10-17/h2-4,9,13-14,16,18H,5-8,10H2,1H3. The highest BCUT2D eigenvalue weighted by Crippen LogP contribution is 2.19. The quantitative estimate of drug-likeness (QED) is 0.834. The molecular formula is C14H21FN2O. The molecule has 3 nitrogen and oxygen atoms in total. The average Bonchev–Trinajstić information content (AvgIpc) is 2.76. The Bertz CT molecular complexity index is 386. The number of nitrogens with one attached hydrogen (secondary N) is 1. The van der Waals surface area contributed by atoms with Gasteiger partial charge in [-0.1, -0.05) is 12.1 Å². The highest BCUT2D eigenvalue weighted by molar-refractivity contribution is 5.20. The molecule has 0 aliphatic carbocycles. The Balaban J connectivity index is 1.89. The van der Waals surface area contributed by atoms with Gasteiger partial charge in [0.25, 0.3) is 0 Å². The number of aliphatic hydroxyl groups excluding tert-OH is 1. The molecule has 0 amide bonds. The number of β-amino-alcohol motifs (C(OH)–C–C–N with tert-alkyl or cyclic N) is 1. The third-order valence-electron chi connectivity index (χ3n) is 3.58. The molecule has 0 bridgehead atoms. The third-order valence-corrected chi connectivity index (χ3v) is 3.58. The number of hydrogen-bond acceptors (Lipinski definition) is 3. The van der Waals surface area contributed by atoms with E-state index in [1.54, 1.807) is 12.1 Å². The summed E-state index contributed by atoms with van der Waals surface area (Å²) in [5, 5.41) is 12.7. The number of hydrogen-bond donors (Lipinski definition) is 2. The Morgan fingerprint density at radius 1 is 1.56 bits per heavy atom. The first kappa shape index (κ1) is 13.5. The third kappa shape index (κ3) is 3.51. The van der Waals surface area contributed by atoms with Crippen LogP contribution < -0.4 is 5.32 Å². The maximum absolute atomic E-state index is 13.2. The number of halogens is 1. The van der Waals surface area contributed by atoms with Crippen molar-refractivity contribution in [3.05, 3.63) is 35.6 Å². The van der Waals surface area contributed by atoms with Crippen LogP contribution in [0.1, 0.15) is 24.4 Å². The molecule has 1 aromatic carbocycles. The first-order chi connectivity index (χ1) is 8.69. The Kier molecular flexibility index (Phi) is 4.69. The maximum Gasteiger partial charge on any atom is 0.123 e. The van der Waals surface area contributed by atoms with Gasteiger partial charge in [0.2, 0.25) is 0 Å². The van der Waals surface area contributed by atoms with Crippen molar-refractivity contribution in [3.63, 3.8) is 0 Å². The lowest BCUT2D eigenvalue weighted by molar-refractivity contribution is 0.175. The van der Waals surface area contributed by atoms with E-state index >= 15 is 0 Å². The van der Waals surface area contributed by atoms with Crippen LogP contribution in [0.15, 0.2) is 24.3 Å². The van der Waals surface area contributed by atoms with Gasteiger partial charge in [0.15, 0.2) is 0 Å². The summed E-state index contributed by atoms with van der Waals surface area (Å²) in [4.78, 5) is 2.26. The lowest BCUT2D eigenvalue weighted by Crippen LogP contribution is -2.27. The first-order valence-corrected chi connectivity index (χ1v) is 6.52. The van der Waals surface area contributed by atoms with Crippen LogP contribution in [0.25, 0.3) is 0 Å². The zero-order valence-electron chi connectivity index (χ0n) is 10.8. The van der Waals surface area contributed by atoms with E-state index in [0.29, 0.717) is 0 Å². The number of likely N-dealkylation sites (tertiary alicyclic amines) is 1. The second-order valence-corrected chi connectivity index (χ2v) is 4.93. The van der Waals surface area contributed by atoms with Gasteiger partial charge in [-0.3, -0.25) is 0 Å². The largest absolute Gasteiger partial charge is 0.392 e. The van der Waals surface area contributed by atoms with E-state index in [2.05, 4.69) is 10.2 Å². The van der Waals surface area contributed by atoms with Crippen LogP contribution in [0.2, 0.25) is 0 Å². The van der Waals surface area contributed by atoms with Crippen molar-refractivity contribution >= 4 is 0 Å². The van der Waals surface area contributed by atoms with Crippen molar-refractivity contribution in [2.24, 2.45) is 0 Å². The molecule has 1 saturated heterocycles. The molecule has 1 aliphatic heterocycles. The SMILES string of the molecule is CNC(CCN1CCC(O)C1)c1cccc(F)c1. The van der Waals surface area contributed by atoms with Crippen LogP contribution in [0, 0.1) is 5.82 Å². The lowest BCUT2D eigenvalue weighted by atomic mass is 10.0. The summed E-state index contributed by atoms with van der Waals surface area (Å²) < 4.78 is 13.2. The monoisotopic (exact) mass is 252 g/mol. The van der Waals surface area contributed by atoms with Crippen molar-refractivity contribution in [2.45, 2.75) is 25.0 Å². The van der Waals surface area contributed by atoms with Crippen LogP contribution in [0.5, 0.6) is 0 Å². The number of aliphatic hydroxyl groups is 1. The molecule has 1 aromatic rings. The van der Waals surface area contributed by atoms with E-state index in [1.165, 1.54) is 6.07 Å². The fourth-order valence-electron chi connectivity index (χ4n) is 2.53. The average molecular weight is 252 g/mol. The Hall–Kier alpha value is -0.970. The number of nitrogens with zero attached hydrogens (tertiary/aromatic N) is 1. The summed E-state index contributed by atoms with van der Waals surface area (Å²) in [6, 6.07) is 6.91. The molecule has 2 N–H and O–H groups in total. The Labute approximate surface area is 108 Å². The Morgan fingerprint density at radius 2 is 2.39 bits per heavy atom. The van der Waals surface area contributed by atoms with E-state index in [0.717, 1.165) is 38.0 Å². The van der Waals surface area contributed by atoms with Gasteiger partial charge < -0.3 is 15.3 Å². The molecular weight excluding hydrogens is 231 g/mol. The first-order valence-electron chi connectivity index (χ1n) is 6.52. The predicted octanol–water partition coefficient (Wildman–Crippen LogP) is 1.54. The molecule has 18 heavy (non-hydrogen) atoms. The van der Waals surface area contributed by atoms with E-state index in [9.17, 15) is 9.50 Å². The topological polar surface area (TPSA) is 35.5 Å². The molecule has 0 saturated carbocycles. The lowest BCUT2D eigenvalue weighted by Gasteiger charge is -2.21. The molecule has 1 fully saturated rings. The second-order valence-electron chi connectivity index (χ2n) is 4.93. The fraction of sp³-hybridized carbons (Fsp3) is 0.571. The van der Waals surface area contributed by atoms with Gasteiger partial charge in [0, 0.05) is 25.7 Å². The minimum absolute atomic E-state index is 0.165. The summed E-state index contributed by atoms with van der Waals surface area (Å²) in [7, 11) is 1.90. The molecule has 2 unspecified atom stereocenters. The molecule has 0 aromatic heterocycles. The summed E-state index contributed by atoms with van der Waals surface area (Å²) >= 11 is 0. The van der Waals surface area contributed by atoms with Crippen LogP contribution in [0.4, 0.5) is 4.39 Å². The maximum atomic E-state index is 13.2. The van der Waals surface area contributed by atoms with E-state index in [-0.39, 0.29) is 18.0 Å². The van der Waals surface area contributed by atoms with Gasteiger partial charge in [0.1, 0.15) is 5.82 Å². The van der Waals surface area contributed by atoms with Crippen molar-refractivity contribution in [1.82, 2.24) is 10.2 Å². The zero-order chi connectivity index (χ0) is 13.0. The smallest absolute Gasteiger partial charge is 0.123 e. The summed E-state index contributed by atoms with van der Waals surface area (Å²) in [5.74, 6) is -0.190. The van der Waals surface area contributed by atoms with Crippen molar-refractivity contribution in [2.75, 3.05) is 26.7 Å². The molecule has 1 heterocycles. The second kappa shape index (κ2) is 6.27. The molecule has 4 heteroatoms. The molecule has 100 valence electrons. The van der Waals surface area contributed by atoms with E-state index < -0.39 is 0 Å². The van der Waals surface area contributed by atoms with Crippen molar-refractivity contribution in [1.29, 1.82) is 0 Å². The van der Waals surface area contributed by atoms with Crippen LogP contribution in [0.3, 0.4) is 0 Å². The number of rotatable bonds is 5. The Morgan fingerprint density at radius 3 is 3.00 bits per heavy atom. The summed E-state index contributed by atoms with van der Waals surface area (Å²) in [6.45, 7) is 2.65. The van der Waals surface area contributed by atoms with Gasteiger partial charge >= 0.3 is 0 Å². The van der Waals surface area contributed by atoms with Crippen molar-refractivity contribution < 1.29 is 9.50 Å². The molecule has 2 atom stereocenters. The molecule has 0 spiro atoms. The highest BCUT2D eigenvalue weighted by Gasteiger charge is 2.21. The normalized spacial score (nSPS) is 22.3. The van der Waals surface area contributed by atoms with E-state index in [1.807, 2.05) is 13.1 Å². The predicted molar refractivity (Wildman–Crippen MR) is 69.9 cm³/mol. The minimum Gasteiger partial charge on any atom is -0.392 e. The number of benzene rings is 1. The van der Waals surface area contributed by atoms with Crippen molar-refractivity contribution in [3.8, 4) is 0 Å². The van der Waals surface area contributed by atoms with E-state index in [4.69, 9.17) is 0 Å².